The summed E-state index contributed by atoms with van der Waals surface area (Å²) >= 11 is 0. The normalized spacial score (nSPS) is 10.8. The maximum absolute atomic E-state index is 11.1. The molecule has 0 aromatic heterocycles. The van der Waals surface area contributed by atoms with Crippen LogP contribution in [0.2, 0.25) is 0 Å². The average molecular weight is 363 g/mol. The van der Waals surface area contributed by atoms with E-state index in [9.17, 15) is 4.79 Å². The summed E-state index contributed by atoms with van der Waals surface area (Å²) in [5, 5.41) is 2.79. The van der Waals surface area contributed by atoms with Gasteiger partial charge in [0.25, 0.3) is 0 Å². The molecule has 0 saturated carbocycles. The van der Waals surface area contributed by atoms with Gasteiger partial charge < -0.3 is 10.1 Å². The minimum absolute atomic E-state index is 0. The van der Waals surface area contributed by atoms with Gasteiger partial charge in [-0.15, -0.1) is 0 Å². The number of likely N-dealkylation sites (N-methyl/N-ethyl adjacent to an activating group) is 1. The Labute approximate surface area is 179 Å². The molecule has 0 aliphatic heterocycles. The Morgan fingerprint density at radius 2 is 1.28 bits per heavy atom. The van der Waals surface area contributed by atoms with Crippen LogP contribution in [-0.2, 0) is 9.53 Å². The molecule has 0 aliphatic rings. The van der Waals surface area contributed by atoms with Crippen molar-refractivity contribution in [3.8, 4) is 0 Å². The maximum Gasteiger partial charge on any atom is 0.319 e. The summed E-state index contributed by atoms with van der Waals surface area (Å²) in [6.07, 6.45) is 22.9. The summed E-state index contributed by atoms with van der Waals surface area (Å²) in [7, 11) is 1.76. The van der Waals surface area contributed by atoms with Gasteiger partial charge >= 0.3 is 5.97 Å². The molecule has 1 N–H and O–H groups in total. The number of hydrogen-bond acceptors (Lipinski definition) is 3. The van der Waals surface area contributed by atoms with Gasteiger partial charge in [0.1, 0.15) is 0 Å². The van der Waals surface area contributed by atoms with Crippen LogP contribution in [0.4, 0.5) is 0 Å². The van der Waals surface area contributed by atoms with Gasteiger partial charge in [-0.1, -0.05) is 76.9 Å². The van der Waals surface area contributed by atoms with Crippen molar-refractivity contribution in [2.45, 2.75) is 96.8 Å². The monoisotopic (exact) mass is 362 g/mol. The van der Waals surface area contributed by atoms with Gasteiger partial charge in [0.05, 0.1) is 13.2 Å². The van der Waals surface area contributed by atoms with E-state index in [2.05, 4.69) is 24.4 Å². The Morgan fingerprint density at radius 1 is 0.800 bits per heavy atom. The molecule has 143 valence electrons. The fourth-order valence-electron chi connectivity index (χ4n) is 2.73. The summed E-state index contributed by atoms with van der Waals surface area (Å²) in [5.41, 5.74) is 0. The fraction of sp³-hybridized carbons (Fsp3) is 0.857. The predicted octanol–water partition coefficient (Wildman–Crippen LogP) is 5.41. The van der Waals surface area contributed by atoms with E-state index in [1.165, 1.54) is 83.5 Å². The Balaban J connectivity index is 0. The second-order valence-electron chi connectivity index (χ2n) is 6.69. The van der Waals surface area contributed by atoms with Crippen LogP contribution in [-0.4, -0.2) is 55.7 Å². The molecule has 0 bridgehead atoms. The van der Waals surface area contributed by atoms with E-state index < -0.39 is 0 Å². The van der Waals surface area contributed by atoms with Gasteiger partial charge in [0.2, 0.25) is 0 Å². The third-order valence-electron chi connectivity index (χ3n) is 4.24. The van der Waals surface area contributed by atoms with Crippen LogP contribution < -0.4 is 5.32 Å². The largest absolute Gasteiger partial charge is 0.465 e. The molecule has 0 heterocycles. The van der Waals surface area contributed by atoms with E-state index in [1.807, 2.05) is 0 Å². The van der Waals surface area contributed by atoms with Gasteiger partial charge in [-0.2, -0.15) is 0 Å². The topological polar surface area (TPSA) is 38.3 Å². The van der Waals surface area contributed by atoms with Gasteiger partial charge in [0.15, 0.2) is 0 Å². The molecular formula is C21H41NNaO2. The Hall–Kier alpha value is 0.170. The number of esters is 1. The number of hydrogen-bond donors (Lipinski definition) is 1. The molecule has 0 amide bonds. The van der Waals surface area contributed by atoms with Crippen molar-refractivity contribution in [3.63, 3.8) is 0 Å². The first-order valence-corrected chi connectivity index (χ1v) is 10.3. The van der Waals surface area contributed by atoms with Gasteiger partial charge in [0, 0.05) is 29.6 Å². The molecule has 0 aromatic carbocycles. The molecule has 0 atom stereocenters. The zero-order chi connectivity index (χ0) is 17.7. The standard InChI is InChI=1S/C21H41NO2.Na/c1-3-4-5-6-7-8-9-10-11-12-13-14-15-16-17-18-19-24-21(23)20-22-2;/h10-11,22H,3-9,12-20H2,1-2H3;/b11-10-;. The molecule has 0 rings (SSSR count). The van der Waals surface area contributed by atoms with Crippen molar-refractivity contribution >= 4 is 35.5 Å². The average Bonchev–Trinajstić information content (AvgIpc) is 2.58. The van der Waals surface area contributed by atoms with Crippen molar-refractivity contribution in [3.05, 3.63) is 12.2 Å². The van der Waals surface area contributed by atoms with Crippen LogP contribution in [0.15, 0.2) is 12.2 Å². The first kappa shape index (κ1) is 27.4. The van der Waals surface area contributed by atoms with Crippen LogP contribution in [0.5, 0.6) is 0 Å². The number of nitrogens with one attached hydrogen (secondary N) is 1. The SMILES string of the molecule is CCCCCCCC/C=C\CCCCCCCCOC(=O)CNC.[Na]. The van der Waals surface area contributed by atoms with Crippen LogP contribution in [0.25, 0.3) is 0 Å². The smallest absolute Gasteiger partial charge is 0.319 e. The molecule has 0 aromatic rings. The van der Waals surface area contributed by atoms with Gasteiger partial charge in [-0.05, 0) is 39.2 Å². The molecule has 0 aliphatic carbocycles. The third kappa shape index (κ3) is 24.2. The van der Waals surface area contributed by atoms with E-state index in [0.29, 0.717) is 13.2 Å². The van der Waals surface area contributed by atoms with Crippen LogP contribution in [0, 0.1) is 0 Å². The summed E-state index contributed by atoms with van der Waals surface area (Å²) in [4.78, 5) is 11.1. The second-order valence-corrected chi connectivity index (χ2v) is 6.69. The molecule has 1 radical (unpaired) electrons. The summed E-state index contributed by atoms with van der Waals surface area (Å²) in [6, 6.07) is 0. The molecule has 25 heavy (non-hydrogen) atoms. The zero-order valence-electron chi connectivity index (χ0n) is 17.3. The van der Waals surface area contributed by atoms with Crippen molar-refractivity contribution in [2.75, 3.05) is 20.2 Å². The predicted molar refractivity (Wildman–Crippen MR) is 110 cm³/mol. The van der Waals surface area contributed by atoms with Crippen molar-refractivity contribution < 1.29 is 9.53 Å². The molecule has 0 saturated heterocycles. The molecule has 3 nitrogen and oxygen atoms in total. The summed E-state index contributed by atoms with van der Waals surface area (Å²) in [6.45, 7) is 3.15. The van der Waals surface area contributed by atoms with E-state index in [4.69, 9.17) is 4.74 Å². The first-order chi connectivity index (χ1) is 11.8. The molecule has 0 unspecified atom stereocenters. The first-order valence-electron chi connectivity index (χ1n) is 10.3. The number of carbonyl (C=O) groups is 1. The minimum Gasteiger partial charge on any atom is -0.465 e. The van der Waals surface area contributed by atoms with E-state index in [-0.39, 0.29) is 35.5 Å². The van der Waals surface area contributed by atoms with E-state index in [0.717, 1.165) is 6.42 Å². The number of rotatable bonds is 18. The van der Waals surface area contributed by atoms with E-state index >= 15 is 0 Å². The van der Waals surface area contributed by atoms with Crippen molar-refractivity contribution in [1.29, 1.82) is 0 Å². The second kappa shape index (κ2) is 24.2. The number of unbranched alkanes of at least 4 members (excludes halogenated alkanes) is 12. The Kier molecular flexibility index (Phi) is 26.5. The summed E-state index contributed by atoms with van der Waals surface area (Å²) < 4.78 is 5.09. The third-order valence-corrected chi connectivity index (χ3v) is 4.24. The zero-order valence-corrected chi connectivity index (χ0v) is 19.3. The Morgan fingerprint density at radius 3 is 1.80 bits per heavy atom. The number of ether oxygens (including phenoxy) is 1. The fourth-order valence-corrected chi connectivity index (χ4v) is 2.73. The van der Waals surface area contributed by atoms with Gasteiger partial charge in [-0.25, -0.2) is 0 Å². The quantitative estimate of drug-likeness (QED) is 0.153. The van der Waals surface area contributed by atoms with Crippen LogP contribution in [0.1, 0.15) is 96.8 Å². The van der Waals surface area contributed by atoms with E-state index in [1.54, 1.807) is 7.05 Å². The van der Waals surface area contributed by atoms with Crippen molar-refractivity contribution in [2.24, 2.45) is 0 Å². The van der Waals surface area contributed by atoms with Crippen molar-refractivity contribution in [1.82, 2.24) is 5.32 Å². The molecular weight excluding hydrogens is 321 g/mol. The molecule has 4 heteroatoms. The molecule has 0 fully saturated rings. The number of carbonyl (C=O) groups excluding carboxylic acids is 1. The molecule has 0 spiro atoms. The summed E-state index contributed by atoms with van der Waals surface area (Å²) in [5.74, 6) is -0.148. The Bertz CT molecular complexity index is 296. The minimum atomic E-state index is -0.148. The number of allylic oxidation sites excluding steroid dienone is 2. The van der Waals surface area contributed by atoms with Crippen LogP contribution >= 0.6 is 0 Å². The van der Waals surface area contributed by atoms with Gasteiger partial charge in [-0.3, -0.25) is 4.79 Å². The maximum atomic E-state index is 11.1. The van der Waals surface area contributed by atoms with Crippen LogP contribution in [0.3, 0.4) is 0 Å².